The van der Waals surface area contributed by atoms with Crippen LogP contribution in [0.4, 0.5) is 5.82 Å². The van der Waals surface area contributed by atoms with E-state index < -0.39 is 0 Å². The summed E-state index contributed by atoms with van der Waals surface area (Å²) in [5, 5.41) is 17.3. The van der Waals surface area contributed by atoms with Gasteiger partial charge in [-0.05, 0) is 12.1 Å². The van der Waals surface area contributed by atoms with E-state index in [1.54, 1.807) is 18.2 Å². The second-order valence-electron chi connectivity index (χ2n) is 3.61. The second kappa shape index (κ2) is 3.03. The van der Waals surface area contributed by atoms with E-state index in [2.05, 4.69) is 15.2 Å². The SMILES string of the molecule is Nc1cc(-c2c[nH]c3cccc(O)c23)[nH]n1. The Hall–Kier alpha value is -2.43. The first kappa shape index (κ1) is 8.84. The lowest BCUT2D eigenvalue weighted by Gasteiger charge is -1.97. The van der Waals surface area contributed by atoms with Crippen LogP contribution in [0.2, 0.25) is 0 Å². The Morgan fingerprint density at radius 2 is 2.19 bits per heavy atom. The molecule has 5 heteroatoms. The van der Waals surface area contributed by atoms with Gasteiger partial charge < -0.3 is 15.8 Å². The lowest BCUT2D eigenvalue weighted by atomic mass is 10.1. The summed E-state index contributed by atoms with van der Waals surface area (Å²) in [4.78, 5) is 3.09. The topological polar surface area (TPSA) is 90.7 Å². The molecule has 0 spiro atoms. The first-order valence-electron chi connectivity index (χ1n) is 4.86. The molecule has 0 amide bonds. The van der Waals surface area contributed by atoms with Crippen LogP contribution < -0.4 is 5.73 Å². The molecule has 0 atom stereocenters. The Labute approximate surface area is 90.9 Å². The number of hydrogen-bond donors (Lipinski definition) is 4. The van der Waals surface area contributed by atoms with E-state index in [0.717, 1.165) is 22.2 Å². The molecule has 2 aromatic heterocycles. The largest absolute Gasteiger partial charge is 0.507 e. The van der Waals surface area contributed by atoms with Crippen molar-refractivity contribution in [2.45, 2.75) is 0 Å². The third-order valence-corrected chi connectivity index (χ3v) is 2.57. The monoisotopic (exact) mass is 214 g/mol. The van der Waals surface area contributed by atoms with Crippen LogP contribution in [0.1, 0.15) is 0 Å². The Morgan fingerprint density at radius 1 is 1.31 bits per heavy atom. The van der Waals surface area contributed by atoms with E-state index in [4.69, 9.17) is 5.73 Å². The number of aromatic hydroxyl groups is 1. The molecule has 5 N–H and O–H groups in total. The second-order valence-corrected chi connectivity index (χ2v) is 3.61. The summed E-state index contributed by atoms with van der Waals surface area (Å²) in [5.41, 5.74) is 8.07. The molecule has 3 aromatic rings. The van der Waals surface area contributed by atoms with Gasteiger partial charge in [-0.3, -0.25) is 5.10 Å². The highest BCUT2D eigenvalue weighted by atomic mass is 16.3. The molecule has 16 heavy (non-hydrogen) atoms. The third-order valence-electron chi connectivity index (χ3n) is 2.57. The molecular weight excluding hydrogens is 204 g/mol. The highest BCUT2D eigenvalue weighted by Crippen LogP contribution is 2.33. The van der Waals surface area contributed by atoms with Crippen molar-refractivity contribution >= 4 is 16.7 Å². The Balaban J connectivity index is 2.32. The first-order valence-corrected chi connectivity index (χ1v) is 4.86. The van der Waals surface area contributed by atoms with Crippen molar-refractivity contribution in [1.82, 2.24) is 15.2 Å². The van der Waals surface area contributed by atoms with Crippen LogP contribution in [0.25, 0.3) is 22.2 Å². The molecular formula is C11H10N4O. The fourth-order valence-corrected chi connectivity index (χ4v) is 1.85. The number of nitrogens with zero attached hydrogens (tertiary/aromatic N) is 1. The number of aromatic nitrogens is 3. The van der Waals surface area contributed by atoms with Gasteiger partial charge in [0, 0.05) is 23.3 Å². The minimum atomic E-state index is 0.238. The average Bonchev–Trinajstić information content (AvgIpc) is 2.84. The molecule has 0 aliphatic heterocycles. The number of aromatic amines is 2. The number of nitrogens with two attached hydrogens (primary N) is 1. The zero-order chi connectivity index (χ0) is 11.1. The summed E-state index contributed by atoms with van der Waals surface area (Å²) in [6.45, 7) is 0. The molecule has 0 unspecified atom stereocenters. The molecule has 0 aliphatic rings. The molecule has 2 heterocycles. The Bertz CT molecular complexity index is 653. The van der Waals surface area contributed by atoms with Gasteiger partial charge in [0.15, 0.2) is 0 Å². The fourth-order valence-electron chi connectivity index (χ4n) is 1.85. The molecule has 0 bridgehead atoms. The maximum absolute atomic E-state index is 9.82. The molecule has 0 saturated heterocycles. The van der Waals surface area contributed by atoms with Crippen molar-refractivity contribution < 1.29 is 5.11 Å². The molecule has 5 nitrogen and oxygen atoms in total. The van der Waals surface area contributed by atoms with Crippen LogP contribution >= 0.6 is 0 Å². The number of rotatable bonds is 1. The van der Waals surface area contributed by atoms with Gasteiger partial charge in [-0.15, -0.1) is 0 Å². The summed E-state index contributed by atoms with van der Waals surface area (Å²) in [5.74, 6) is 0.668. The number of nitrogen functional groups attached to an aromatic ring is 1. The van der Waals surface area contributed by atoms with Crippen molar-refractivity contribution in [1.29, 1.82) is 0 Å². The van der Waals surface area contributed by atoms with Gasteiger partial charge in [-0.2, -0.15) is 5.10 Å². The van der Waals surface area contributed by atoms with E-state index in [1.807, 2.05) is 12.3 Å². The number of anilines is 1. The number of phenolic OH excluding ortho intramolecular Hbond substituents is 1. The first-order chi connectivity index (χ1) is 7.75. The summed E-state index contributed by atoms with van der Waals surface area (Å²) in [7, 11) is 0. The van der Waals surface area contributed by atoms with Crippen molar-refractivity contribution in [2.75, 3.05) is 5.73 Å². The normalized spacial score (nSPS) is 11.0. The van der Waals surface area contributed by atoms with Crippen molar-refractivity contribution in [3.63, 3.8) is 0 Å². The molecule has 0 aliphatic carbocycles. The van der Waals surface area contributed by atoms with Crippen LogP contribution in [0.15, 0.2) is 30.5 Å². The van der Waals surface area contributed by atoms with E-state index in [-0.39, 0.29) is 5.75 Å². The van der Waals surface area contributed by atoms with Crippen LogP contribution in [0.3, 0.4) is 0 Å². The maximum atomic E-state index is 9.82. The highest BCUT2D eigenvalue weighted by molar-refractivity contribution is 5.99. The molecule has 0 radical (unpaired) electrons. The van der Waals surface area contributed by atoms with Gasteiger partial charge in [0.05, 0.1) is 11.1 Å². The smallest absolute Gasteiger partial charge is 0.145 e. The van der Waals surface area contributed by atoms with Crippen molar-refractivity contribution in [2.24, 2.45) is 0 Å². The van der Waals surface area contributed by atoms with Crippen LogP contribution in [-0.2, 0) is 0 Å². The van der Waals surface area contributed by atoms with Crippen molar-refractivity contribution in [3.8, 4) is 17.0 Å². The van der Waals surface area contributed by atoms with Gasteiger partial charge in [-0.1, -0.05) is 6.07 Å². The van der Waals surface area contributed by atoms with Crippen LogP contribution in [-0.4, -0.2) is 20.3 Å². The predicted molar refractivity (Wildman–Crippen MR) is 62.0 cm³/mol. The lowest BCUT2D eigenvalue weighted by Crippen LogP contribution is -1.81. The molecule has 1 aromatic carbocycles. The minimum Gasteiger partial charge on any atom is -0.507 e. The van der Waals surface area contributed by atoms with Gasteiger partial charge in [0.25, 0.3) is 0 Å². The average molecular weight is 214 g/mol. The van der Waals surface area contributed by atoms with Crippen LogP contribution in [0.5, 0.6) is 5.75 Å². The van der Waals surface area contributed by atoms with Gasteiger partial charge >= 0.3 is 0 Å². The Kier molecular flexibility index (Phi) is 1.67. The fraction of sp³-hybridized carbons (Fsp3) is 0. The zero-order valence-electron chi connectivity index (χ0n) is 8.36. The molecule has 0 saturated carbocycles. The number of nitrogens with one attached hydrogen (secondary N) is 2. The number of H-pyrrole nitrogens is 2. The number of phenols is 1. The third kappa shape index (κ3) is 1.15. The van der Waals surface area contributed by atoms with E-state index in [0.29, 0.717) is 5.82 Å². The summed E-state index contributed by atoms with van der Waals surface area (Å²) >= 11 is 0. The van der Waals surface area contributed by atoms with E-state index in [9.17, 15) is 5.11 Å². The maximum Gasteiger partial charge on any atom is 0.145 e. The molecule has 0 fully saturated rings. The standard InChI is InChI=1S/C11H10N4O/c12-10-4-8(14-15-10)6-5-13-7-2-1-3-9(16)11(6)7/h1-5,13,16H,(H3,12,14,15). The van der Waals surface area contributed by atoms with Crippen LogP contribution in [0, 0.1) is 0 Å². The van der Waals surface area contributed by atoms with Crippen molar-refractivity contribution in [3.05, 3.63) is 30.5 Å². The highest BCUT2D eigenvalue weighted by Gasteiger charge is 2.11. The summed E-state index contributed by atoms with van der Waals surface area (Å²) < 4.78 is 0. The number of benzene rings is 1. The van der Waals surface area contributed by atoms with Gasteiger partial charge in [-0.25, -0.2) is 0 Å². The van der Waals surface area contributed by atoms with E-state index in [1.165, 1.54) is 0 Å². The Morgan fingerprint density at radius 3 is 2.94 bits per heavy atom. The number of hydrogen-bond acceptors (Lipinski definition) is 3. The predicted octanol–water partition coefficient (Wildman–Crippen LogP) is 1.85. The molecule has 80 valence electrons. The zero-order valence-corrected chi connectivity index (χ0v) is 8.36. The summed E-state index contributed by atoms with van der Waals surface area (Å²) in [6, 6.07) is 7.08. The molecule has 3 rings (SSSR count). The lowest BCUT2D eigenvalue weighted by molar-refractivity contribution is 0.482. The van der Waals surface area contributed by atoms with Gasteiger partial charge in [0.2, 0.25) is 0 Å². The summed E-state index contributed by atoms with van der Waals surface area (Å²) in [6.07, 6.45) is 1.82. The quantitative estimate of drug-likeness (QED) is 0.498. The van der Waals surface area contributed by atoms with E-state index >= 15 is 0 Å². The number of fused-ring (bicyclic) bond motifs is 1. The van der Waals surface area contributed by atoms with Gasteiger partial charge in [0.1, 0.15) is 11.6 Å². The minimum absolute atomic E-state index is 0.238.